The summed E-state index contributed by atoms with van der Waals surface area (Å²) in [6, 6.07) is 0.766. The zero-order valence-electron chi connectivity index (χ0n) is 11.5. The summed E-state index contributed by atoms with van der Waals surface area (Å²) in [5, 5.41) is 0. The van der Waals surface area contributed by atoms with Gasteiger partial charge in [-0.25, -0.2) is 0 Å². The molecule has 1 unspecified atom stereocenters. The highest BCUT2D eigenvalue weighted by molar-refractivity contribution is 7.80. The smallest absolute Gasteiger partial charge is 0.0218 e. The van der Waals surface area contributed by atoms with Gasteiger partial charge in [-0.2, -0.15) is 12.6 Å². The highest BCUT2D eigenvalue weighted by Gasteiger charge is 2.35. The Balaban J connectivity index is 1.90. The molecule has 100 valence electrons. The van der Waals surface area contributed by atoms with Crippen molar-refractivity contribution in [2.24, 2.45) is 5.41 Å². The third-order valence-electron chi connectivity index (χ3n) is 4.89. The molecule has 1 heterocycles. The zero-order chi connectivity index (χ0) is 12.3. The largest absolute Gasteiger partial charge is 0.301 e. The van der Waals surface area contributed by atoms with Crippen molar-refractivity contribution in [1.29, 1.82) is 0 Å². The van der Waals surface area contributed by atoms with Gasteiger partial charge in [-0.15, -0.1) is 0 Å². The van der Waals surface area contributed by atoms with Crippen molar-refractivity contribution in [3.63, 3.8) is 0 Å². The molecule has 3 heteroatoms. The number of rotatable bonds is 4. The van der Waals surface area contributed by atoms with E-state index in [-0.39, 0.29) is 0 Å². The molecule has 0 bridgehead atoms. The van der Waals surface area contributed by atoms with Crippen molar-refractivity contribution < 1.29 is 0 Å². The molecule has 2 nitrogen and oxygen atoms in total. The molecule has 1 saturated carbocycles. The molecule has 17 heavy (non-hydrogen) atoms. The lowest BCUT2D eigenvalue weighted by molar-refractivity contribution is 0.0642. The van der Waals surface area contributed by atoms with E-state index in [4.69, 9.17) is 0 Å². The van der Waals surface area contributed by atoms with Crippen LogP contribution in [0.25, 0.3) is 0 Å². The highest BCUT2D eigenvalue weighted by atomic mass is 32.1. The average molecular weight is 256 g/mol. The van der Waals surface area contributed by atoms with E-state index in [2.05, 4.69) is 36.4 Å². The predicted molar refractivity (Wildman–Crippen MR) is 77.9 cm³/mol. The van der Waals surface area contributed by atoms with Crippen LogP contribution in [0.2, 0.25) is 0 Å². The summed E-state index contributed by atoms with van der Waals surface area (Å²) >= 11 is 4.63. The van der Waals surface area contributed by atoms with Crippen LogP contribution >= 0.6 is 12.6 Å². The van der Waals surface area contributed by atoms with E-state index in [1.54, 1.807) is 0 Å². The van der Waals surface area contributed by atoms with Crippen molar-refractivity contribution >= 4 is 12.6 Å². The van der Waals surface area contributed by atoms with Crippen molar-refractivity contribution in [2.45, 2.75) is 45.1 Å². The first-order valence-electron chi connectivity index (χ1n) is 7.22. The lowest BCUT2D eigenvalue weighted by Crippen LogP contribution is -2.53. The summed E-state index contributed by atoms with van der Waals surface area (Å²) in [5.41, 5.74) is 0.539. The van der Waals surface area contributed by atoms with E-state index in [1.165, 1.54) is 58.3 Å². The standard InChI is InChI=1S/C14H28N2S/c1-3-13-10-16(9-8-15(13)2)11-14(12-17)6-4-5-7-14/h13,17H,3-12H2,1-2H3. The maximum absolute atomic E-state index is 4.63. The first-order valence-corrected chi connectivity index (χ1v) is 7.86. The molecule has 0 aromatic carbocycles. The molecular weight excluding hydrogens is 228 g/mol. The lowest BCUT2D eigenvalue weighted by Gasteiger charge is -2.43. The highest BCUT2D eigenvalue weighted by Crippen LogP contribution is 2.40. The molecular formula is C14H28N2S. The molecule has 0 aromatic heterocycles. The van der Waals surface area contributed by atoms with Gasteiger partial charge in [0, 0.05) is 32.2 Å². The summed E-state index contributed by atoms with van der Waals surface area (Å²) in [5.74, 6) is 1.08. The quantitative estimate of drug-likeness (QED) is 0.772. The van der Waals surface area contributed by atoms with Gasteiger partial charge in [0.1, 0.15) is 0 Å². The minimum atomic E-state index is 0.539. The third-order valence-corrected chi connectivity index (χ3v) is 5.56. The second-order valence-corrected chi connectivity index (χ2v) is 6.46. The van der Waals surface area contributed by atoms with E-state index in [0.29, 0.717) is 5.41 Å². The molecule has 0 radical (unpaired) electrons. The van der Waals surface area contributed by atoms with Gasteiger partial charge in [0.2, 0.25) is 0 Å². The van der Waals surface area contributed by atoms with E-state index in [9.17, 15) is 0 Å². The summed E-state index contributed by atoms with van der Waals surface area (Å²) < 4.78 is 0. The third kappa shape index (κ3) is 3.18. The maximum atomic E-state index is 4.63. The van der Waals surface area contributed by atoms with Crippen LogP contribution in [0.15, 0.2) is 0 Å². The van der Waals surface area contributed by atoms with Gasteiger partial charge in [0.15, 0.2) is 0 Å². The molecule has 1 aliphatic heterocycles. The number of likely N-dealkylation sites (N-methyl/N-ethyl adjacent to an activating group) is 1. The van der Waals surface area contributed by atoms with Crippen molar-refractivity contribution in [3.05, 3.63) is 0 Å². The van der Waals surface area contributed by atoms with Gasteiger partial charge in [-0.05, 0) is 37.5 Å². The Morgan fingerprint density at radius 1 is 1.24 bits per heavy atom. The number of hydrogen-bond donors (Lipinski definition) is 1. The topological polar surface area (TPSA) is 6.48 Å². The predicted octanol–water partition coefficient (Wildman–Crippen LogP) is 2.50. The number of hydrogen-bond acceptors (Lipinski definition) is 3. The molecule has 2 aliphatic rings. The van der Waals surface area contributed by atoms with Crippen LogP contribution in [0, 0.1) is 5.41 Å². The Bertz CT molecular complexity index is 238. The van der Waals surface area contributed by atoms with Crippen LogP contribution in [0.4, 0.5) is 0 Å². The Labute approximate surface area is 112 Å². The van der Waals surface area contributed by atoms with Gasteiger partial charge in [0.25, 0.3) is 0 Å². The van der Waals surface area contributed by atoms with Gasteiger partial charge >= 0.3 is 0 Å². The molecule has 0 N–H and O–H groups in total. The van der Waals surface area contributed by atoms with Crippen LogP contribution in [0.5, 0.6) is 0 Å². The normalized spacial score (nSPS) is 30.9. The number of nitrogens with zero attached hydrogens (tertiary/aromatic N) is 2. The van der Waals surface area contributed by atoms with Crippen LogP contribution in [-0.2, 0) is 0 Å². The average Bonchev–Trinajstić information content (AvgIpc) is 2.81. The van der Waals surface area contributed by atoms with E-state index >= 15 is 0 Å². The molecule has 1 saturated heterocycles. The molecule has 2 rings (SSSR count). The van der Waals surface area contributed by atoms with Crippen LogP contribution in [0.3, 0.4) is 0 Å². The zero-order valence-corrected chi connectivity index (χ0v) is 12.4. The fraction of sp³-hybridized carbons (Fsp3) is 1.00. The molecule has 1 aliphatic carbocycles. The van der Waals surface area contributed by atoms with E-state index in [0.717, 1.165) is 11.8 Å². The lowest BCUT2D eigenvalue weighted by atomic mass is 9.87. The second kappa shape index (κ2) is 5.94. The summed E-state index contributed by atoms with van der Waals surface area (Å²) in [7, 11) is 2.27. The Morgan fingerprint density at radius 3 is 2.53 bits per heavy atom. The maximum Gasteiger partial charge on any atom is 0.0218 e. The fourth-order valence-electron chi connectivity index (χ4n) is 3.56. The summed E-state index contributed by atoms with van der Waals surface area (Å²) in [4.78, 5) is 5.23. The molecule has 2 fully saturated rings. The van der Waals surface area contributed by atoms with Gasteiger partial charge in [-0.3, -0.25) is 4.90 Å². The van der Waals surface area contributed by atoms with Crippen LogP contribution in [0.1, 0.15) is 39.0 Å². The Hall–Kier alpha value is 0.270. The van der Waals surface area contributed by atoms with E-state index < -0.39 is 0 Å². The van der Waals surface area contributed by atoms with Crippen molar-refractivity contribution in [1.82, 2.24) is 9.80 Å². The molecule has 0 amide bonds. The van der Waals surface area contributed by atoms with Crippen LogP contribution in [-0.4, -0.2) is 54.8 Å². The van der Waals surface area contributed by atoms with Crippen LogP contribution < -0.4 is 0 Å². The minimum Gasteiger partial charge on any atom is -0.301 e. The van der Waals surface area contributed by atoms with Crippen molar-refractivity contribution in [3.8, 4) is 0 Å². The first kappa shape index (κ1) is 13.7. The SMILES string of the molecule is CCC1CN(CC2(CS)CCCC2)CCN1C. The fourth-order valence-corrected chi connectivity index (χ4v) is 3.98. The second-order valence-electron chi connectivity index (χ2n) is 6.14. The van der Waals surface area contributed by atoms with Gasteiger partial charge < -0.3 is 4.90 Å². The van der Waals surface area contributed by atoms with E-state index in [1.807, 2.05) is 0 Å². The molecule has 1 atom stereocenters. The van der Waals surface area contributed by atoms with Gasteiger partial charge in [0.05, 0.1) is 0 Å². The monoisotopic (exact) mass is 256 g/mol. The molecule has 0 spiro atoms. The summed E-state index contributed by atoms with van der Waals surface area (Å²) in [6.45, 7) is 7.36. The first-order chi connectivity index (χ1) is 8.19. The van der Waals surface area contributed by atoms with Gasteiger partial charge in [-0.1, -0.05) is 19.8 Å². The Morgan fingerprint density at radius 2 is 1.94 bits per heavy atom. The number of piperazine rings is 1. The molecule has 0 aromatic rings. The number of thiol groups is 1. The Kier molecular flexibility index (Phi) is 4.79. The minimum absolute atomic E-state index is 0.539. The van der Waals surface area contributed by atoms with Crippen molar-refractivity contribution in [2.75, 3.05) is 39.0 Å². The summed E-state index contributed by atoms with van der Waals surface area (Å²) in [6.07, 6.45) is 6.93.